The van der Waals surface area contributed by atoms with Crippen LogP contribution < -0.4 is 5.73 Å². The highest BCUT2D eigenvalue weighted by atomic mass is 19.4. The molecule has 108 valence electrons. The summed E-state index contributed by atoms with van der Waals surface area (Å²) < 4.78 is 36.1. The summed E-state index contributed by atoms with van der Waals surface area (Å²) in [5, 5.41) is 0. The molecule has 0 bridgehead atoms. The zero-order valence-corrected chi connectivity index (χ0v) is 11.3. The van der Waals surface area contributed by atoms with Gasteiger partial charge in [-0.3, -0.25) is 4.79 Å². The number of alkyl halides is 3. The molecule has 0 aromatic rings. The van der Waals surface area contributed by atoms with E-state index in [1.807, 2.05) is 6.92 Å². The molecule has 0 saturated carbocycles. The Hall–Kier alpha value is -0.780. The number of amides is 1. The van der Waals surface area contributed by atoms with Gasteiger partial charge in [-0.15, -0.1) is 0 Å². The van der Waals surface area contributed by atoms with Crippen LogP contribution in [0.4, 0.5) is 13.2 Å². The molecule has 1 amide bonds. The number of carbonyl (C=O) groups is 1. The van der Waals surface area contributed by atoms with Gasteiger partial charge in [-0.25, -0.2) is 0 Å². The monoisotopic (exact) mass is 268 g/mol. The Kier molecular flexibility index (Phi) is 7.28. The second kappa shape index (κ2) is 7.61. The highest BCUT2D eigenvalue weighted by Gasteiger charge is 2.28. The zero-order valence-electron chi connectivity index (χ0n) is 11.3. The molecule has 0 aliphatic heterocycles. The average Bonchev–Trinajstić information content (AvgIpc) is 2.23. The van der Waals surface area contributed by atoms with E-state index < -0.39 is 12.6 Å². The summed E-state index contributed by atoms with van der Waals surface area (Å²) in [6.45, 7) is 3.36. The van der Waals surface area contributed by atoms with E-state index in [1.165, 1.54) is 7.05 Å². The number of nitrogens with two attached hydrogens (primary N) is 1. The van der Waals surface area contributed by atoms with Crippen LogP contribution >= 0.6 is 0 Å². The topological polar surface area (TPSA) is 46.3 Å². The smallest absolute Gasteiger partial charge is 0.345 e. The van der Waals surface area contributed by atoms with Crippen LogP contribution in [0.5, 0.6) is 0 Å². The maximum atomic E-state index is 12.0. The van der Waals surface area contributed by atoms with E-state index in [2.05, 4.69) is 0 Å². The van der Waals surface area contributed by atoms with Crippen molar-refractivity contribution in [3.8, 4) is 0 Å². The van der Waals surface area contributed by atoms with Gasteiger partial charge in [0.05, 0.1) is 6.42 Å². The number of carbonyl (C=O) groups excluding carboxylic acids is 1. The summed E-state index contributed by atoms with van der Waals surface area (Å²) in [5.41, 5.74) is 5.59. The van der Waals surface area contributed by atoms with Gasteiger partial charge in [-0.2, -0.15) is 13.2 Å². The zero-order chi connectivity index (χ0) is 14.3. The highest BCUT2D eigenvalue weighted by Crippen LogP contribution is 2.20. The van der Waals surface area contributed by atoms with Crippen LogP contribution in [-0.4, -0.2) is 36.6 Å². The third-order valence-electron chi connectivity index (χ3n) is 2.83. The highest BCUT2D eigenvalue weighted by molar-refractivity contribution is 5.78. The predicted molar refractivity (Wildman–Crippen MR) is 65.0 cm³/mol. The fraction of sp³-hybridized carbons (Fsp3) is 0.917. The molecule has 18 heavy (non-hydrogen) atoms. The Balaban J connectivity index is 3.97. The summed E-state index contributed by atoms with van der Waals surface area (Å²) in [6, 6.07) is 0.0928. The average molecular weight is 268 g/mol. The van der Waals surface area contributed by atoms with Crippen LogP contribution in [0.15, 0.2) is 0 Å². The summed E-state index contributed by atoms with van der Waals surface area (Å²) >= 11 is 0. The van der Waals surface area contributed by atoms with E-state index in [1.54, 1.807) is 6.92 Å². The van der Waals surface area contributed by atoms with Crippen LogP contribution in [0.2, 0.25) is 0 Å². The van der Waals surface area contributed by atoms with E-state index in [0.29, 0.717) is 6.42 Å². The van der Waals surface area contributed by atoms with E-state index >= 15 is 0 Å². The molecule has 2 atom stereocenters. The number of hydrogen-bond acceptors (Lipinski definition) is 2. The van der Waals surface area contributed by atoms with Gasteiger partial charge in [0, 0.05) is 25.6 Å². The fourth-order valence-electron chi connectivity index (χ4n) is 1.65. The largest absolute Gasteiger partial charge is 0.390 e. The Bertz CT molecular complexity index is 254. The van der Waals surface area contributed by atoms with Crippen LogP contribution in [-0.2, 0) is 4.79 Å². The molecule has 2 N–H and O–H groups in total. The first kappa shape index (κ1) is 17.2. The van der Waals surface area contributed by atoms with Crippen molar-refractivity contribution in [3.05, 3.63) is 0 Å². The SMILES string of the molecule is CC(N)CCCC(C)C(=O)N(C)CCC(F)(F)F. The molecule has 6 heteroatoms. The number of nitrogens with zero attached hydrogens (tertiary/aromatic N) is 1. The summed E-state index contributed by atoms with van der Waals surface area (Å²) in [6.07, 6.45) is -2.87. The predicted octanol–water partition coefficient (Wildman–Crippen LogP) is 2.55. The maximum absolute atomic E-state index is 12.0. The van der Waals surface area contributed by atoms with Gasteiger partial charge in [0.25, 0.3) is 0 Å². The first-order valence-electron chi connectivity index (χ1n) is 6.20. The van der Waals surface area contributed by atoms with Crippen molar-refractivity contribution in [1.29, 1.82) is 0 Å². The first-order chi connectivity index (χ1) is 8.13. The van der Waals surface area contributed by atoms with Crippen LogP contribution in [0, 0.1) is 5.92 Å². The minimum atomic E-state index is -4.22. The van der Waals surface area contributed by atoms with Crippen molar-refractivity contribution in [2.75, 3.05) is 13.6 Å². The number of rotatable bonds is 7. The van der Waals surface area contributed by atoms with E-state index in [-0.39, 0.29) is 24.4 Å². The van der Waals surface area contributed by atoms with Gasteiger partial charge in [-0.1, -0.05) is 13.3 Å². The Morgan fingerprint density at radius 1 is 1.28 bits per heavy atom. The standard InChI is InChI=1S/C12H23F3N2O/c1-9(5-4-6-10(2)16)11(18)17(3)8-7-12(13,14)15/h9-10H,4-8,16H2,1-3H3. The molecule has 0 aromatic heterocycles. The summed E-state index contributed by atoms with van der Waals surface area (Å²) in [7, 11) is 1.41. The van der Waals surface area contributed by atoms with Crippen molar-refractivity contribution >= 4 is 5.91 Å². The van der Waals surface area contributed by atoms with Gasteiger partial charge in [0.2, 0.25) is 5.91 Å². The lowest BCUT2D eigenvalue weighted by Gasteiger charge is -2.22. The molecular weight excluding hydrogens is 245 g/mol. The second-order valence-electron chi connectivity index (χ2n) is 4.93. The van der Waals surface area contributed by atoms with Gasteiger partial charge >= 0.3 is 6.18 Å². The minimum absolute atomic E-state index is 0.0928. The Morgan fingerprint density at radius 2 is 1.83 bits per heavy atom. The van der Waals surface area contributed by atoms with Crippen LogP contribution in [0.25, 0.3) is 0 Å². The molecule has 2 unspecified atom stereocenters. The number of hydrogen-bond donors (Lipinski definition) is 1. The fourth-order valence-corrected chi connectivity index (χ4v) is 1.65. The van der Waals surface area contributed by atoms with Crippen molar-refractivity contribution < 1.29 is 18.0 Å². The molecule has 0 heterocycles. The Labute approximate surface area is 107 Å². The Morgan fingerprint density at radius 3 is 2.28 bits per heavy atom. The van der Waals surface area contributed by atoms with E-state index in [9.17, 15) is 18.0 Å². The molecule has 0 spiro atoms. The second-order valence-corrected chi connectivity index (χ2v) is 4.93. The van der Waals surface area contributed by atoms with E-state index in [4.69, 9.17) is 5.73 Å². The third kappa shape index (κ3) is 8.33. The van der Waals surface area contributed by atoms with Crippen molar-refractivity contribution in [2.24, 2.45) is 11.7 Å². The quantitative estimate of drug-likeness (QED) is 0.771. The third-order valence-corrected chi connectivity index (χ3v) is 2.83. The van der Waals surface area contributed by atoms with Crippen molar-refractivity contribution in [3.63, 3.8) is 0 Å². The molecule has 0 fully saturated rings. The van der Waals surface area contributed by atoms with Gasteiger partial charge in [0.15, 0.2) is 0 Å². The van der Waals surface area contributed by atoms with Crippen molar-refractivity contribution in [2.45, 2.75) is 51.7 Å². The maximum Gasteiger partial charge on any atom is 0.390 e. The summed E-state index contributed by atoms with van der Waals surface area (Å²) in [5.74, 6) is -0.481. The van der Waals surface area contributed by atoms with E-state index in [0.717, 1.165) is 17.7 Å². The molecule has 0 rings (SSSR count). The minimum Gasteiger partial charge on any atom is -0.345 e. The van der Waals surface area contributed by atoms with Gasteiger partial charge < -0.3 is 10.6 Å². The molecule has 0 saturated heterocycles. The van der Waals surface area contributed by atoms with Crippen LogP contribution in [0.1, 0.15) is 39.5 Å². The molecule has 0 aliphatic carbocycles. The van der Waals surface area contributed by atoms with Crippen LogP contribution in [0.3, 0.4) is 0 Å². The lowest BCUT2D eigenvalue weighted by atomic mass is 10.0. The molecule has 0 aromatic carbocycles. The molecular formula is C12H23F3N2O. The normalized spacial score (nSPS) is 15.3. The number of halogens is 3. The van der Waals surface area contributed by atoms with Gasteiger partial charge in [0.1, 0.15) is 0 Å². The molecule has 3 nitrogen and oxygen atoms in total. The lowest BCUT2D eigenvalue weighted by molar-refractivity contribution is -0.145. The molecule has 0 radical (unpaired) electrons. The lowest BCUT2D eigenvalue weighted by Crippen LogP contribution is -2.34. The molecule has 0 aliphatic rings. The summed E-state index contributed by atoms with van der Waals surface area (Å²) in [4.78, 5) is 12.9. The first-order valence-corrected chi connectivity index (χ1v) is 6.20. The van der Waals surface area contributed by atoms with Crippen molar-refractivity contribution in [1.82, 2.24) is 4.90 Å². The van der Waals surface area contributed by atoms with Gasteiger partial charge in [-0.05, 0) is 19.8 Å².